The van der Waals surface area contributed by atoms with Crippen LogP contribution >= 0.6 is 12.2 Å². The van der Waals surface area contributed by atoms with Crippen molar-refractivity contribution < 1.29 is 22.7 Å². The Labute approximate surface area is 233 Å². The zero-order chi connectivity index (χ0) is 28.9. The molecule has 4 rings (SSSR count). The Kier molecular flexibility index (Phi) is 8.65. The van der Waals surface area contributed by atoms with Crippen molar-refractivity contribution in [2.75, 3.05) is 10.6 Å². The summed E-state index contributed by atoms with van der Waals surface area (Å²) in [4.78, 5) is 16.1. The lowest BCUT2D eigenvalue weighted by molar-refractivity contribution is -0.274. The topological polar surface area (TPSA) is 105 Å². The molecule has 4 aromatic rings. The van der Waals surface area contributed by atoms with E-state index in [2.05, 4.69) is 36.3 Å². The van der Waals surface area contributed by atoms with Gasteiger partial charge in [-0.2, -0.15) is 9.67 Å². The fourth-order valence-electron chi connectivity index (χ4n) is 3.80. The molecule has 0 aliphatic rings. The van der Waals surface area contributed by atoms with Gasteiger partial charge in [-0.1, -0.05) is 42.5 Å². The second-order valence-corrected chi connectivity index (χ2v) is 9.20. The number of carbonyl (C=O) groups is 1. The highest BCUT2D eigenvalue weighted by molar-refractivity contribution is 7.80. The summed E-state index contributed by atoms with van der Waals surface area (Å²) in [6, 6.07) is 18.5. The van der Waals surface area contributed by atoms with E-state index in [1.165, 1.54) is 23.7 Å². The van der Waals surface area contributed by atoms with E-state index >= 15 is 0 Å². The van der Waals surface area contributed by atoms with Crippen LogP contribution in [0.25, 0.3) is 17.1 Å². The van der Waals surface area contributed by atoms with Crippen LogP contribution in [0.3, 0.4) is 0 Å². The molecule has 0 aliphatic heterocycles. The molecular formula is C27H26F3N7O2S. The molecule has 40 heavy (non-hydrogen) atoms. The van der Waals surface area contributed by atoms with Gasteiger partial charge in [0, 0.05) is 24.7 Å². The maximum absolute atomic E-state index is 12.5. The van der Waals surface area contributed by atoms with E-state index in [9.17, 15) is 18.0 Å². The monoisotopic (exact) mass is 569 g/mol. The first-order chi connectivity index (χ1) is 19.0. The van der Waals surface area contributed by atoms with Gasteiger partial charge in [-0.3, -0.25) is 15.5 Å². The van der Waals surface area contributed by atoms with Gasteiger partial charge in [0.05, 0.1) is 5.69 Å². The molecule has 1 amide bonds. The molecule has 13 heteroatoms. The number of ether oxygens (including phenoxy) is 1. The maximum atomic E-state index is 12.5. The molecule has 3 aromatic carbocycles. The van der Waals surface area contributed by atoms with Gasteiger partial charge < -0.3 is 10.1 Å². The summed E-state index contributed by atoms with van der Waals surface area (Å²) in [7, 11) is 0. The highest BCUT2D eigenvalue weighted by Gasteiger charge is 2.31. The van der Waals surface area contributed by atoms with E-state index in [1.54, 1.807) is 0 Å². The predicted molar refractivity (Wildman–Crippen MR) is 150 cm³/mol. The average molecular weight is 570 g/mol. The van der Waals surface area contributed by atoms with Crippen molar-refractivity contribution in [3.05, 3.63) is 83.4 Å². The van der Waals surface area contributed by atoms with Crippen LogP contribution in [-0.2, 0) is 11.3 Å². The third-order valence-corrected chi connectivity index (χ3v) is 5.84. The summed E-state index contributed by atoms with van der Waals surface area (Å²) in [5.74, 6) is -0.322. The third-order valence-electron chi connectivity index (χ3n) is 5.64. The minimum atomic E-state index is -4.80. The van der Waals surface area contributed by atoms with Crippen LogP contribution in [0.1, 0.15) is 23.6 Å². The van der Waals surface area contributed by atoms with Crippen molar-refractivity contribution in [1.29, 1.82) is 0 Å². The zero-order valence-corrected chi connectivity index (χ0v) is 22.6. The number of aryl methyl sites for hydroxylation is 2. The molecule has 1 heterocycles. The number of hydrogen-bond donors (Lipinski definition) is 4. The molecule has 9 nitrogen and oxygen atoms in total. The van der Waals surface area contributed by atoms with Crippen LogP contribution in [0.15, 0.2) is 66.7 Å². The fraction of sp³-hybridized carbons (Fsp3) is 0.185. The lowest BCUT2D eigenvalue weighted by atomic mass is 10.1. The van der Waals surface area contributed by atoms with E-state index in [1.807, 2.05) is 56.3 Å². The highest BCUT2D eigenvalue weighted by Crippen LogP contribution is 2.26. The number of aromatic nitrogens is 3. The molecule has 0 saturated heterocycles. The smallest absolute Gasteiger partial charge is 0.406 e. The number of hydrogen-bond acceptors (Lipinski definition) is 6. The van der Waals surface area contributed by atoms with Crippen LogP contribution in [0.5, 0.6) is 5.75 Å². The van der Waals surface area contributed by atoms with E-state index in [4.69, 9.17) is 12.2 Å². The van der Waals surface area contributed by atoms with Crippen molar-refractivity contribution in [2.24, 2.45) is 0 Å². The number of thiocarbonyl (C=S) groups is 1. The first-order valence-corrected chi connectivity index (χ1v) is 12.5. The molecule has 0 saturated carbocycles. The lowest BCUT2D eigenvalue weighted by Crippen LogP contribution is -2.39. The van der Waals surface area contributed by atoms with Gasteiger partial charge >= 0.3 is 6.36 Å². The number of hydrazine groups is 1. The zero-order valence-electron chi connectivity index (χ0n) is 21.8. The number of nitrogens with zero attached hydrogens (tertiary/aromatic N) is 3. The Morgan fingerprint density at radius 3 is 2.23 bits per heavy atom. The Balaban J connectivity index is 1.42. The third kappa shape index (κ3) is 7.55. The standard InChI is InChI=1S/C27H26F3N7O2S/c1-16-5-4-6-17(2)23(16)33-26(40)35-31-15-19-7-9-20(10-8-19)24-34-25(32-18(3)38)37(36-24)21-11-13-22(14-12-21)39-27(28,29)30/h4-14,31H,15H2,1-3H3,(H2,33,35,40)(H,32,34,36,38). The largest absolute Gasteiger partial charge is 0.573 e. The molecule has 4 N–H and O–H groups in total. The number of amides is 1. The molecule has 0 aliphatic carbocycles. The van der Waals surface area contributed by atoms with Crippen molar-refractivity contribution in [1.82, 2.24) is 25.6 Å². The minimum absolute atomic E-state index is 0.117. The van der Waals surface area contributed by atoms with Crippen LogP contribution in [-0.4, -0.2) is 32.1 Å². The second kappa shape index (κ2) is 12.1. The van der Waals surface area contributed by atoms with Gasteiger partial charge in [0.1, 0.15) is 5.75 Å². The SMILES string of the molecule is CC(=O)Nc1nc(-c2ccc(CNNC(=S)Nc3c(C)cccc3C)cc2)nn1-c1ccc(OC(F)(F)F)cc1. The Hall–Kier alpha value is -4.49. The average Bonchev–Trinajstić information content (AvgIpc) is 3.29. The number of carbonyl (C=O) groups excluding carboxylic acids is 1. The Morgan fingerprint density at radius 1 is 0.975 bits per heavy atom. The number of rotatable bonds is 8. The van der Waals surface area contributed by atoms with E-state index in [-0.39, 0.29) is 17.6 Å². The van der Waals surface area contributed by atoms with Gasteiger partial charge in [0.15, 0.2) is 10.9 Å². The van der Waals surface area contributed by atoms with Gasteiger partial charge in [-0.15, -0.1) is 18.3 Å². The van der Waals surface area contributed by atoms with Gasteiger partial charge in [-0.05, 0) is 67.0 Å². The molecule has 0 radical (unpaired) electrons. The first kappa shape index (κ1) is 28.5. The summed E-state index contributed by atoms with van der Waals surface area (Å²) in [5.41, 5.74) is 11.2. The maximum Gasteiger partial charge on any atom is 0.573 e. The van der Waals surface area contributed by atoms with Crippen molar-refractivity contribution in [3.63, 3.8) is 0 Å². The summed E-state index contributed by atoms with van der Waals surface area (Å²) >= 11 is 5.38. The molecule has 0 spiro atoms. The van der Waals surface area contributed by atoms with Crippen LogP contribution in [0, 0.1) is 13.8 Å². The number of benzene rings is 3. The quantitative estimate of drug-likeness (QED) is 0.165. The summed E-state index contributed by atoms with van der Waals surface area (Å²) in [6.45, 7) is 5.80. The normalized spacial score (nSPS) is 11.2. The van der Waals surface area contributed by atoms with Crippen LogP contribution < -0.4 is 26.2 Å². The molecule has 1 aromatic heterocycles. The van der Waals surface area contributed by atoms with Crippen molar-refractivity contribution in [2.45, 2.75) is 33.7 Å². The number of alkyl halides is 3. The van der Waals surface area contributed by atoms with Crippen LogP contribution in [0.4, 0.5) is 24.8 Å². The minimum Gasteiger partial charge on any atom is -0.406 e. The predicted octanol–water partition coefficient (Wildman–Crippen LogP) is 5.40. The summed E-state index contributed by atoms with van der Waals surface area (Å²) in [5, 5.41) is 10.7. The molecule has 0 atom stereocenters. The Morgan fingerprint density at radius 2 is 1.62 bits per heavy atom. The highest BCUT2D eigenvalue weighted by atomic mass is 32.1. The van der Waals surface area contributed by atoms with Crippen molar-refractivity contribution in [3.8, 4) is 22.8 Å². The Bertz CT molecular complexity index is 1480. The lowest BCUT2D eigenvalue weighted by Gasteiger charge is -2.15. The number of halogens is 3. The summed E-state index contributed by atoms with van der Waals surface area (Å²) in [6.07, 6.45) is -4.80. The van der Waals surface area contributed by atoms with Crippen LogP contribution in [0.2, 0.25) is 0 Å². The van der Waals surface area contributed by atoms with E-state index in [0.29, 0.717) is 28.7 Å². The fourth-order valence-corrected chi connectivity index (χ4v) is 3.97. The summed E-state index contributed by atoms with van der Waals surface area (Å²) < 4.78 is 42.7. The van der Waals surface area contributed by atoms with Gasteiger partial charge in [0.25, 0.3) is 0 Å². The molecule has 0 unspecified atom stereocenters. The molecular weight excluding hydrogens is 543 g/mol. The first-order valence-electron chi connectivity index (χ1n) is 12.0. The molecule has 208 valence electrons. The van der Waals surface area contributed by atoms with Gasteiger partial charge in [0.2, 0.25) is 11.9 Å². The molecule has 0 fully saturated rings. The van der Waals surface area contributed by atoms with Gasteiger partial charge in [-0.25, -0.2) is 5.43 Å². The number of anilines is 2. The van der Waals surface area contributed by atoms with E-state index < -0.39 is 6.36 Å². The number of nitrogens with one attached hydrogen (secondary N) is 4. The second-order valence-electron chi connectivity index (χ2n) is 8.79. The number of para-hydroxylation sites is 1. The van der Waals surface area contributed by atoms with E-state index in [0.717, 1.165) is 34.5 Å². The van der Waals surface area contributed by atoms with Crippen molar-refractivity contribution >= 4 is 34.9 Å². The molecule has 0 bridgehead atoms.